The molecule has 6 N–H and O–H groups in total. The van der Waals surface area contributed by atoms with Crippen LogP contribution in [0.3, 0.4) is 0 Å². The van der Waals surface area contributed by atoms with Gasteiger partial charge in [-0.2, -0.15) is 0 Å². The predicted octanol–water partition coefficient (Wildman–Crippen LogP) is 2.53. The average molecular weight is 466 g/mol. The number of halogens is 1. The van der Waals surface area contributed by atoms with E-state index in [1.54, 1.807) is 12.5 Å². The van der Waals surface area contributed by atoms with E-state index in [9.17, 15) is 14.0 Å². The smallest absolute Gasteiger partial charge is 0.253 e. The van der Waals surface area contributed by atoms with Crippen molar-refractivity contribution in [2.75, 3.05) is 13.6 Å². The number of nitrogens with one attached hydrogen (secondary N) is 1. The number of fused-ring (bicyclic) bond motifs is 1. The molecule has 1 atom stereocenters. The SMILES string of the molecule is CN(C/C(N)=C/N(N)[C@@H](CC(=O)NO)Cc1ccc2ccccc2c1)C(=O)c1ccc(F)cc1. The van der Waals surface area contributed by atoms with Crippen LogP contribution in [0.25, 0.3) is 10.8 Å². The van der Waals surface area contributed by atoms with Crippen molar-refractivity contribution in [2.24, 2.45) is 11.6 Å². The Morgan fingerprint density at radius 1 is 1.09 bits per heavy atom. The molecule has 3 aromatic rings. The van der Waals surface area contributed by atoms with Gasteiger partial charge in [0.15, 0.2) is 0 Å². The lowest BCUT2D eigenvalue weighted by Gasteiger charge is -2.27. The van der Waals surface area contributed by atoms with Crippen molar-refractivity contribution in [2.45, 2.75) is 18.9 Å². The van der Waals surface area contributed by atoms with Gasteiger partial charge in [0, 0.05) is 24.5 Å². The zero-order chi connectivity index (χ0) is 24.7. The molecule has 0 saturated heterocycles. The Morgan fingerprint density at radius 3 is 2.44 bits per heavy atom. The van der Waals surface area contributed by atoms with E-state index in [2.05, 4.69) is 0 Å². The standard InChI is InChI=1S/C25H28FN5O3/c1-30(25(33)19-8-10-21(26)11-9-19)15-22(27)16-31(28)23(14-24(32)29-34)13-17-6-7-18-4-2-3-5-20(18)12-17/h2-12,16,23,34H,13-15,27-28H2,1H3,(H,29,32)/b22-16-/t23-/m1/s1. The molecule has 0 aliphatic carbocycles. The summed E-state index contributed by atoms with van der Waals surface area (Å²) in [6, 6.07) is 18.6. The second kappa shape index (κ2) is 11.3. The van der Waals surface area contributed by atoms with Crippen molar-refractivity contribution in [3.05, 3.63) is 95.6 Å². The van der Waals surface area contributed by atoms with Crippen molar-refractivity contribution in [3.8, 4) is 0 Å². The van der Waals surface area contributed by atoms with Crippen LogP contribution in [0.4, 0.5) is 4.39 Å². The van der Waals surface area contributed by atoms with Gasteiger partial charge in [0.1, 0.15) is 5.82 Å². The van der Waals surface area contributed by atoms with E-state index < -0.39 is 17.8 Å². The Morgan fingerprint density at radius 2 is 1.76 bits per heavy atom. The summed E-state index contributed by atoms with van der Waals surface area (Å²) < 4.78 is 13.1. The number of hydrazine groups is 1. The molecule has 0 aromatic heterocycles. The van der Waals surface area contributed by atoms with Crippen molar-refractivity contribution >= 4 is 22.6 Å². The lowest BCUT2D eigenvalue weighted by atomic mass is 9.99. The average Bonchev–Trinajstić information content (AvgIpc) is 2.83. The van der Waals surface area contributed by atoms with E-state index in [-0.39, 0.29) is 24.6 Å². The molecule has 8 nitrogen and oxygen atoms in total. The summed E-state index contributed by atoms with van der Waals surface area (Å²) >= 11 is 0. The Bertz CT molecular complexity index is 1180. The minimum absolute atomic E-state index is 0.0683. The Balaban J connectivity index is 1.72. The van der Waals surface area contributed by atoms with Crippen LogP contribution in [0.1, 0.15) is 22.3 Å². The summed E-state index contributed by atoms with van der Waals surface area (Å²) in [4.78, 5) is 25.8. The van der Waals surface area contributed by atoms with Crippen LogP contribution in [-0.4, -0.2) is 46.6 Å². The maximum atomic E-state index is 13.1. The van der Waals surface area contributed by atoms with Gasteiger partial charge in [-0.1, -0.05) is 42.5 Å². The molecule has 2 amide bonds. The van der Waals surface area contributed by atoms with E-state index in [1.165, 1.54) is 40.4 Å². The van der Waals surface area contributed by atoms with Gasteiger partial charge in [0.05, 0.1) is 19.0 Å². The lowest BCUT2D eigenvalue weighted by Crippen LogP contribution is -2.42. The monoisotopic (exact) mass is 465 g/mol. The number of nitrogens with two attached hydrogens (primary N) is 2. The summed E-state index contributed by atoms with van der Waals surface area (Å²) in [5, 5.41) is 12.5. The molecule has 0 heterocycles. The molecule has 0 bridgehead atoms. The first-order valence-electron chi connectivity index (χ1n) is 10.7. The van der Waals surface area contributed by atoms with Gasteiger partial charge >= 0.3 is 0 Å². The molecule has 34 heavy (non-hydrogen) atoms. The highest BCUT2D eigenvalue weighted by molar-refractivity contribution is 5.94. The lowest BCUT2D eigenvalue weighted by molar-refractivity contribution is -0.130. The maximum Gasteiger partial charge on any atom is 0.253 e. The molecule has 178 valence electrons. The molecular weight excluding hydrogens is 437 g/mol. The number of hydrogen-bond donors (Lipinski definition) is 4. The van der Waals surface area contributed by atoms with Crippen LogP contribution in [-0.2, 0) is 11.2 Å². The zero-order valence-electron chi connectivity index (χ0n) is 18.8. The van der Waals surface area contributed by atoms with Crippen molar-refractivity contribution in [1.29, 1.82) is 0 Å². The molecule has 3 aromatic carbocycles. The molecule has 9 heteroatoms. The van der Waals surface area contributed by atoms with Crippen LogP contribution in [0.5, 0.6) is 0 Å². The van der Waals surface area contributed by atoms with Gasteiger partial charge in [0.25, 0.3) is 5.91 Å². The quantitative estimate of drug-likeness (QED) is 0.219. The third kappa shape index (κ3) is 6.53. The molecule has 0 unspecified atom stereocenters. The van der Waals surface area contributed by atoms with Gasteiger partial charge in [-0.3, -0.25) is 14.8 Å². The van der Waals surface area contributed by atoms with E-state index in [0.29, 0.717) is 12.0 Å². The fourth-order valence-electron chi connectivity index (χ4n) is 3.68. The highest BCUT2D eigenvalue weighted by Crippen LogP contribution is 2.19. The topological polar surface area (TPSA) is 125 Å². The van der Waals surface area contributed by atoms with E-state index >= 15 is 0 Å². The van der Waals surface area contributed by atoms with Crippen LogP contribution >= 0.6 is 0 Å². The highest BCUT2D eigenvalue weighted by Gasteiger charge is 2.20. The minimum atomic E-state index is -0.586. The number of hydrogen-bond acceptors (Lipinski definition) is 6. The van der Waals surface area contributed by atoms with E-state index in [0.717, 1.165) is 16.3 Å². The summed E-state index contributed by atoms with van der Waals surface area (Å²) in [6.07, 6.45) is 1.81. The van der Waals surface area contributed by atoms with Crippen molar-refractivity contribution < 1.29 is 19.2 Å². The molecular formula is C25H28FN5O3. The van der Waals surface area contributed by atoms with Gasteiger partial charge in [-0.15, -0.1) is 0 Å². The van der Waals surface area contributed by atoms with Gasteiger partial charge < -0.3 is 15.6 Å². The number of nitrogens with zero attached hydrogens (tertiary/aromatic N) is 2. The Labute approximate surface area is 197 Å². The number of hydroxylamine groups is 1. The minimum Gasteiger partial charge on any atom is -0.399 e. The number of amides is 2. The summed E-state index contributed by atoms with van der Waals surface area (Å²) in [6.45, 7) is 0.0683. The zero-order valence-corrected chi connectivity index (χ0v) is 18.8. The van der Waals surface area contributed by atoms with Crippen LogP contribution < -0.4 is 17.1 Å². The van der Waals surface area contributed by atoms with Crippen LogP contribution in [0.15, 0.2) is 78.6 Å². The fraction of sp³-hybridized carbons (Fsp3) is 0.200. The predicted molar refractivity (Wildman–Crippen MR) is 128 cm³/mol. The summed E-state index contributed by atoms with van der Waals surface area (Å²) in [5.41, 5.74) is 9.33. The number of carbonyl (C=O) groups is 2. The third-order valence-electron chi connectivity index (χ3n) is 5.43. The van der Waals surface area contributed by atoms with E-state index in [1.807, 2.05) is 42.5 Å². The molecule has 0 aliphatic heterocycles. The molecule has 0 saturated carbocycles. The first-order chi connectivity index (χ1) is 16.3. The van der Waals surface area contributed by atoms with Gasteiger partial charge in [-0.25, -0.2) is 15.7 Å². The van der Waals surface area contributed by atoms with Crippen molar-refractivity contribution in [1.82, 2.24) is 15.4 Å². The Kier molecular flexibility index (Phi) is 8.18. The molecule has 3 rings (SSSR count). The second-order valence-electron chi connectivity index (χ2n) is 8.10. The molecule has 0 radical (unpaired) electrons. The molecule has 0 aliphatic rings. The number of benzene rings is 3. The number of likely N-dealkylation sites (N-methyl/N-ethyl adjacent to an activating group) is 1. The fourth-order valence-corrected chi connectivity index (χ4v) is 3.68. The third-order valence-corrected chi connectivity index (χ3v) is 5.43. The maximum absolute atomic E-state index is 13.1. The second-order valence-corrected chi connectivity index (χ2v) is 8.10. The van der Waals surface area contributed by atoms with E-state index in [4.69, 9.17) is 16.8 Å². The first kappa shape index (κ1) is 24.7. The summed E-state index contributed by atoms with van der Waals surface area (Å²) in [7, 11) is 1.57. The van der Waals surface area contributed by atoms with Gasteiger partial charge in [0.2, 0.25) is 5.91 Å². The first-order valence-corrected chi connectivity index (χ1v) is 10.7. The van der Waals surface area contributed by atoms with Gasteiger partial charge in [-0.05, 0) is 47.0 Å². The van der Waals surface area contributed by atoms with Crippen molar-refractivity contribution in [3.63, 3.8) is 0 Å². The summed E-state index contributed by atoms with van der Waals surface area (Å²) in [5.74, 6) is 4.89. The number of rotatable bonds is 9. The van der Waals surface area contributed by atoms with Crippen LogP contribution in [0.2, 0.25) is 0 Å². The highest BCUT2D eigenvalue weighted by atomic mass is 19.1. The Hall–Kier alpha value is -3.95. The number of carbonyl (C=O) groups excluding carboxylic acids is 2. The van der Waals surface area contributed by atoms with Crippen LogP contribution in [0, 0.1) is 5.82 Å². The normalized spacial score (nSPS) is 12.3. The molecule has 0 spiro atoms. The molecule has 0 fully saturated rings. The largest absolute Gasteiger partial charge is 0.399 e.